The van der Waals surface area contributed by atoms with Gasteiger partial charge < -0.3 is 20.7 Å². The van der Waals surface area contributed by atoms with Gasteiger partial charge in [-0.25, -0.2) is 0 Å². The maximum atomic E-state index is 11.8. The minimum absolute atomic E-state index is 0.0211. The van der Waals surface area contributed by atoms with Crippen LogP contribution in [-0.4, -0.2) is 56.6 Å². The molecule has 1 rings (SSSR count). The molecule has 0 aromatic rings. The number of primary amides is 1. The maximum absolute atomic E-state index is 11.8. The van der Waals surface area contributed by atoms with Gasteiger partial charge in [0.15, 0.2) is 0 Å². The number of carbonyl (C=O) groups excluding carboxylic acids is 2. The third-order valence-electron chi connectivity index (χ3n) is 2.54. The first-order valence-corrected chi connectivity index (χ1v) is 4.84. The van der Waals surface area contributed by atoms with Crippen molar-refractivity contribution < 1.29 is 14.3 Å². The average molecular weight is 215 g/mol. The SMILES string of the molecule is CNC1COCC1C(=O)N(C)CC(N)=O. The summed E-state index contributed by atoms with van der Waals surface area (Å²) >= 11 is 0. The lowest BCUT2D eigenvalue weighted by Crippen LogP contribution is -2.45. The molecule has 0 aromatic carbocycles. The van der Waals surface area contributed by atoms with Crippen LogP contribution < -0.4 is 11.1 Å². The molecule has 1 saturated heterocycles. The Morgan fingerprint density at radius 1 is 1.53 bits per heavy atom. The van der Waals surface area contributed by atoms with Crippen molar-refractivity contribution in [3.63, 3.8) is 0 Å². The summed E-state index contributed by atoms with van der Waals surface area (Å²) in [6, 6.07) is 0.0211. The first-order valence-electron chi connectivity index (χ1n) is 4.84. The molecule has 3 N–H and O–H groups in total. The monoisotopic (exact) mass is 215 g/mol. The Morgan fingerprint density at radius 3 is 2.73 bits per heavy atom. The minimum atomic E-state index is -0.509. The van der Waals surface area contributed by atoms with Crippen LogP contribution in [0.15, 0.2) is 0 Å². The first-order chi connectivity index (χ1) is 7.06. The molecular weight excluding hydrogens is 198 g/mol. The number of nitrogens with two attached hydrogens (primary N) is 1. The third kappa shape index (κ3) is 2.90. The number of hydrogen-bond donors (Lipinski definition) is 2. The summed E-state index contributed by atoms with van der Waals surface area (Å²) in [5.74, 6) is -0.837. The lowest BCUT2D eigenvalue weighted by molar-refractivity contribution is -0.137. The molecule has 2 amide bonds. The van der Waals surface area contributed by atoms with Crippen LogP contribution in [0.1, 0.15) is 0 Å². The molecule has 1 heterocycles. The van der Waals surface area contributed by atoms with Crippen LogP contribution in [0.2, 0.25) is 0 Å². The van der Waals surface area contributed by atoms with Gasteiger partial charge in [-0.15, -0.1) is 0 Å². The van der Waals surface area contributed by atoms with E-state index >= 15 is 0 Å². The molecule has 0 spiro atoms. The molecule has 1 fully saturated rings. The molecule has 86 valence electrons. The van der Waals surface area contributed by atoms with E-state index in [0.29, 0.717) is 13.2 Å². The average Bonchev–Trinajstić information content (AvgIpc) is 2.62. The summed E-state index contributed by atoms with van der Waals surface area (Å²) in [5, 5.41) is 3.01. The standard InChI is InChI=1S/C9H17N3O3/c1-11-7-5-15-4-6(7)9(14)12(2)3-8(10)13/h6-7,11H,3-5H2,1-2H3,(H2,10,13). The zero-order chi connectivity index (χ0) is 11.4. The van der Waals surface area contributed by atoms with Gasteiger partial charge in [-0.3, -0.25) is 9.59 Å². The molecule has 0 bridgehead atoms. The molecule has 15 heavy (non-hydrogen) atoms. The number of likely N-dealkylation sites (N-methyl/N-ethyl adjacent to an activating group) is 2. The fraction of sp³-hybridized carbons (Fsp3) is 0.778. The highest BCUT2D eigenvalue weighted by atomic mass is 16.5. The largest absolute Gasteiger partial charge is 0.379 e. The van der Waals surface area contributed by atoms with E-state index in [0.717, 1.165) is 0 Å². The maximum Gasteiger partial charge on any atom is 0.237 e. The normalized spacial score (nSPS) is 25.2. The van der Waals surface area contributed by atoms with Crippen molar-refractivity contribution in [1.29, 1.82) is 0 Å². The van der Waals surface area contributed by atoms with Gasteiger partial charge in [-0.2, -0.15) is 0 Å². The second-order valence-corrected chi connectivity index (χ2v) is 3.70. The van der Waals surface area contributed by atoms with Crippen LogP contribution in [0.4, 0.5) is 0 Å². The quantitative estimate of drug-likeness (QED) is 0.577. The van der Waals surface area contributed by atoms with E-state index in [-0.39, 0.29) is 24.4 Å². The Balaban J connectivity index is 2.55. The molecule has 6 heteroatoms. The first kappa shape index (κ1) is 11.9. The molecule has 0 aromatic heterocycles. The van der Waals surface area contributed by atoms with Crippen molar-refractivity contribution in [3.8, 4) is 0 Å². The second kappa shape index (κ2) is 5.09. The van der Waals surface area contributed by atoms with Crippen molar-refractivity contribution in [1.82, 2.24) is 10.2 Å². The molecule has 0 aliphatic carbocycles. The highest BCUT2D eigenvalue weighted by Gasteiger charge is 2.34. The molecular formula is C9H17N3O3. The van der Waals surface area contributed by atoms with E-state index in [1.807, 2.05) is 0 Å². The summed E-state index contributed by atoms with van der Waals surface area (Å²) < 4.78 is 5.21. The molecule has 6 nitrogen and oxygen atoms in total. The summed E-state index contributed by atoms with van der Waals surface area (Å²) in [4.78, 5) is 23.8. The van der Waals surface area contributed by atoms with Crippen molar-refractivity contribution in [2.24, 2.45) is 11.7 Å². The van der Waals surface area contributed by atoms with Gasteiger partial charge >= 0.3 is 0 Å². The van der Waals surface area contributed by atoms with E-state index in [1.165, 1.54) is 4.90 Å². The molecule has 2 unspecified atom stereocenters. The highest BCUT2D eigenvalue weighted by molar-refractivity contribution is 5.85. The van der Waals surface area contributed by atoms with E-state index in [2.05, 4.69) is 5.32 Å². The Kier molecular flexibility index (Phi) is 4.05. The Labute approximate surface area is 88.7 Å². The fourth-order valence-corrected chi connectivity index (χ4v) is 1.68. The van der Waals surface area contributed by atoms with Gasteiger partial charge in [0.2, 0.25) is 11.8 Å². The predicted octanol–water partition coefficient (Wildman–Crippen LogP) is -1.84. The topological polar surface area (TPSA) is 84.7 Å². The van der Waals surface area contributed by atoms with Gasteiger partial charge in [0.1, 0.15) is 0 Å². The number of hydrogen-bond acceptors (Lipinski definition) is 4. The fourth-order valence-electron chi connectivity index (χ4n) is 1.68. The van der Waals surface area contributed by atoms with Crippen LogP contribution in [0.3, 0.4) is 0 Å². The molecule has 2 atom stereocenters. The molecule has 1 aliphatic rings. The van der Waals surface area contributed by atoms with E-state index in [9.17, 15) is 9.59 Å². The lowest BCUT2D eigenvalue weighted by atomic mass is 10.0. The summed E-state index contributed by atoms with van der Waals surface area (Å²) in [6.45, 7) is 0.872. The number of amides is 2. The number of nitrogens with zero attached hydrogens (tertiary/aromatic N) is 1. The van der Waals surface area contributed by atoms with Gasteiger partial charge in [0.05, 0.1) is 25.7 Å². The Bertz CT molecular complexity index is 257. The summed E-state index contributed by atoms with van der Waals surface area (Å²) in [6.07, 6.45) is 0. The lowest BCUT2D eigenvalue weighted by Gasteiger charge is -2.22. The van der Waals surface area contributed by atoms with Crippen LogP contribution in [0, 0.1) is 5.92 Å². The van der Waals surface area contributed by atoms with Gasteiger partial charge in [-0.1, -0.05) is 0 Å². The van der Waals surface area contributed by atoms with E-state index in [4.69, 9.17) is 10.5 Å². The highest BCUT2D eigenvalue weighted by Crippen LogP contribution is 2.15. The zero-order valence-corrected chi connectivity index (χ0v) is 9.03. The molecule has 0 saturated carbocycles. The number of carbonyl (C=O) groups is 2. The zero-order valence-electron chi connectivity index (χ0n) is 9.03. The number of nitrogens with one attached hydrogen (secondary N) is 1. The third-order valence-corrected chi connectivity index (χ3v) is 2.54. The van der Waals surface area contributed by atoms with Crippen molar-refractivity contribution in [2.45, 2.75) is 6.04 Å². The molecule has 0 radical (unpaired) electrons. The smallest absolute Gasteiger partial charge is 0.237 e. The van der Waals surface area contributed by atoms with E-state index in [1.54, 1.807) is 14.1 Å². The van der Waals surface area contributed by atoms with Gasteiger partial charge in [0, 0.05) is 13.1 Å². The van der Waals surface area contributed by atoms with Crippen LogP contribution in [-0.2, 0) is 14.3 Å². The van der Waals surface area contributed by atoms with Gasteiger partial charge in [0.25, 0.3) is 0 Å². The van der Waals surface area contributed by atoms with Crippen molar-refractivity contribution >= 4 is 11.8 Å². The van der Waals surface area contributed by atoms with Crippen LogP contribution in [0.25, 0.3) is 0 Å². The van der Waals surface area contributed by atoms with Crippen molar-refractivity contribution in [2.75, 3.05) is 33.9 Å². The predicted molar refractivity (Wildman–Crippen MR) is 54.0 cm³/mol. The van der Waals surface area contributed by atoms with Gasteiger partial charge in [-0.05, 0) is 7.05 Å². The molecule has 1 aliphatic heterocycles. The van der Waals surface area contributed by atoms with Crippen LogP contribution >= 0.6 is 0 Å². The second-order valence-electron chi connectivity index (χ2n) is 3.70. The Hall–Kier alpha value is -1.14. The summed E-state index contributed by atoms with van der Waals surface area (Å²) in [5.41, 5.74) is 5.02. The van der Waals surface area contributed by atoms with Crippen LogP contribution in [0.5, 0.6) is 0 Å². The number of ether oxygens (including phenoxy) is 1. The number of rotatable bonds is 4. The Morgan fingerprint density at radius 2 is 2.20 bits per heavy atom. The van der Waals surface area contributed by atoms with E-state index < -0.39 is 5.91 Å². The van der Waals surface area contributed by atoms with Crippen molar-refractivity contribution in [3.05, 3.63) is 0 Å². The minimum Gasteiger partial charge on any atom is -0.379 e. The summed E-state index contributed by atoms with van der Waals surface area (Å²) in [7, 11) is 3.35.